The average molecular weight is 447 g/mol. The number of benzene rings is 2. The van der Waals surface area contributed by atoms with Gasteiger partial charge in [0, 0.05) is 24.6 Å². The number of urea groups is 1. The summed E-state index contributed by atoms with van der Waals surface area (Å²) in [6.45, 7) is 2.13. The Kier molecular flexibility index (Phi) is 5.15. The van der Waals surface area contributed by atoms with Gasteiger partial charge in [-0.05, 0) is 36.8 Å². The van der Waals surface area contributed by atoms with E-state index >= 15 is 0 Å². The molecule has 2 aliphatic carbocycles. The number of carbonyl (C=O) groups is 3. The van der Waals surface area contributed by atoms with E-state index in [1.54, 1.807) is 29.2 Å². The van der Waals surface area contributed by atoms with Crippen molar-refractivity contribution in [2.75, 3.05) is 6.54 Å². The van der Waals surface area contributed by atoms with Gasteiger partial charge in [0.2, 0.25) is 5.91 Å². The highest BCUT2D eigenvalue weighted by molar-refractivity contribution is 6.17. The summed E-state index contributed by atoms with van der Waals surface area (Å²) in [4.78, 5) is 42.6. The highest BCUT2D eigenvalue weighted by atomic mass is 16.4. The predicted molar refractivity (Wildman–Crippen MR) is 120 cm³/mol. The second-order valence-electron chi connectivity index (χ2n) is 9.08. The van der Waals surface area contributed by atoms with E-state index in [-0.39, 0.29) is 24.9 Å². The molecule has 2 aromatic carbocycles. The van der Waals surface area contributed by atoms with Crippen LogP contribution in [0.2, 0.25) is 0 Å². The summed E-state index contributed by atoms with van der Waals surface area (Å²) in [6.07, 6.45) is 2.20. The second-order valence-corrected chi connectivity index (χ2v) is 9.08. The Labute approximate surface area is 191 Å². The van der Waals surface area contributed by atoms with Crippen LogP contribution in [-0.2, 0) is 21.7 Å². The van der Waals surface area contributed by atoms with E-state index in [0.29, 0.717) is 29.3 Å². The van der Waals surface area contributed by atoms with E-state index in [9.17, 15) is 19.6 Å². The molecule has 1 saturated carbocycles. The van der Waals surface area contributed by atoms with Crippen molar-refractivity contribution in [3.05, 3.63) is 71.3 Å². The number of amides is 4. The summed E-state index contributed by atoms with van der Waals surface area (Å²) in [6, 6.07) is 16.2. The standard InChI is InChI=1S/C25H26N4O4/c1-16(18-11-12-18)28(14-17-7-3-2-4-8-17)22(30)15-29-23(31)25(26-24(29)32)13-21(27-33)19-9-5-6-10-20(19)25/h2-10,16,18,33H,11-15H2,1H3,(H,26,32). The quantitative estimate of drug-likeness (QED) is 0.405. The van der Waals surface area contributed by atoms with Gasteiger partial charge in [-0.2, -0.15) is 0 Å². The minimum Gasteiger partial charge on any atom is -0.411 e. The van der Waals surface area contributed by atoms with Crippen LogP contribution in [0.5, 0.6) is 0 Å². The third kappa shape index (κ3) is 3.55. The number of imide groups is 1. The molecule has 33 heavy (non-hydrogen) atoms. The lowest BCUT2D eigenvalue weighted by molar-refractivity contribution is -0.140. The van der Waals surface area contributed by atoms with Crippen LogP contribution < -0.4 is 5.32 Å². The van der Waals surface area contributed by atoms with Crippen molar-refractivity contribution in [2.45, 2.75) is 44.3 Å². The van der Waals surface area contributed by atoms with Crippen LogP contribution in [0.25, 0.3) is 0 Å². The van der Waals surface area contributed by atoms with Gasteiger partial charge >= 0.3 is 6.03 Å². The molecular formula is C25H26N4O4. The van der Waals surface area contributed by atoms with Gasteiger partial charge in [0.15, 0.2) is 5.54 Å². The third-order valence-corrected chi connectivity index (χ3v) is 7.03. The molecule has 0 radical (unpaired) electrons. The molecule has 2 atom stereocenters. The Morgan fingerprint density at radius 2 is 1.88 bits per heavy atom. The first-order chi connectivity index (χ1) is 15.9. The van der Waals surface area contributed by atoms with Crippen LogP contribution in [0, 0.1) is 5.92 Å². The molecule has 0 bridgehead atoms. The van der Waals surface area contributed by atoms with Gasteiger partial charge in [-0.3, -0.25) is 14.5 Å². The van der Waals surface area contributed by atoms with Gasteiger partial charge in [0.25, 0.3) is 5.91 Å². The van der Waals surface area contributed by atoms with Crippen molar-refractivity contribution in [3.63, 3.8) is 0 Å². The number of nitrogens with zero attached hydrogens (tertiary/aromatic N) is 3. The number of carbonyl (C=O) groups excluding carboxylic acids is 3. The lowest BCUT2D eigenvalue weighted by atomic mass is 9.92. The van der Waals surface area contributed by atoms with E-state index < -0.39 is 17.5 Å². The fraction of sp³-hybridized carbons (Fsp3) is 0.360. The zero-order valence-electron chi connectivity index (χ0n) is 18.4. The Morgan fingerprint density at radius 3 is 2.58 bits per heavy atom. The third-order valence-electron chi connectivity index (χ3n) is 7.03. The van der Waals surface area contributed by atoms with Crippen molar-refractivity contribution in [2.24, 2.45) is 11.1 Å². The maximum atomic E-state index is 13.5. The largest absolute Gasteiger partial charge is 0.411 e. The molecule has 2 N–H and O–H groups in total. The summed E-state index contributed by atoms with van der Waals surface area (Å²) < 4.78 is 0. The predicted octanol–water partition coefficient (Wildman–Crippen LogP) is 2.84. The van der Waals surface area contributed by atoms with E-state index in [1.165, 1.54) is 0 Å². The second kappa shape index (κ2) is 8.03. The van der Waals surface area contributed by atoms with Gasteiger partial charge in [0.05, 0.1) is 5.71 Å². The summed E-state index contributed by atoms with van der Waals surface area (Å²) in [5.41, 5.74) is 1.19. The lowest BCUT2D eigenvalue weighted by Gasteiger charge is -2.31. The Bertz CT molecular complexity index is 1140. The maximum absolute atomic E-state index is 13.5. The highest BCUT2D eigenvalue weighted by Crippen LogP contribution is 2.42. The number of oxime groups is 1. The normalized spacial score (nSPS) is 23.7. The smallest absolute Gasteiger partial charge is 0.325 e. The summed E-state index contributed by atoms with van der Waals surface area (Å²) in [5.74, 6) is -0.316. The highest BCUT2D eigenvalue weighted by Gasteiger charge is 2.57. The zero-order chi connectivity index (χ0) is 23.2. The molecule has 8 nitrogen and oxygen atoms in total. The average Bonchev–Trinajstić information content (AvgIpc) is 3.60. The van der Waals surface area contributed by atoms with Gasteiger partial charge in [-0.25, -0.2) is 4.79 Å². The van der Waals surface area contributed by atoms with Crippen molar-refractivity contribution in [3.8, 4) is 0 Å². The Morgan fingerprint density at radius 1 is 1.18 bits per heavy atom. The molecule has 1 aliphatic heterocycles. The van der Waals surface area contributed by atoms with Crippen molar-refractivity contribution < 1.29 is 19.6 Å². The minimum atomic E-state index is -1.35. The number of hydrogen-bond donors (Lipinski definition) is 2. The van der Waals surface area contributed by atoms with E-state index in [4.69, 9.17) is 0 Å². The van der Waals surface area contributed by atoms with Gasteiger partial charge < -0.3 is 15.4 Å². The summed E-state index contributed by atoms with van der Waals surface area (Å²) >= 11 is 0. The molecule has 2 unspecified atom stereocenters. The van der Waals surface area contributed by atoms with E-state index in [1.807, 2.05) is 37.3 Å². The molecule has 8 heteroatoms. The molecular weight excluding hydrogens is 420 g/mol. The number of rotatable bonds is 6. The van der Waals surface area contributed by atoms with Crippen LogP contribution in [0.1, 0.15) is 42.9 Å². The molecule has 2 aromatic rings. The monoisotopic (exact) mass is 446 g/mol. The summed E-state index contributed by atoms with van der Waals surface area (Å²) in [7, 11) is 0. The van der Waals surface area contributed by atoms with Crippen LogP contribution >= 0.6 is 0 Å². The molecule has 1 spiro atoms. The van der Waals surface area contributed by atoms with Gasteiger partial charge in [-0.15, -0.1) is 0 Å². The van der Waals surface area contributed by atoms with Crippen LogP contribution in [0.4, 0.5) is 4.79 Å². The number of hydrogen-bond acceptors (Lipinski definition) is 5. The SMILES string of the molecule is CC(C1CC1)N(Cc1ccccc1)C(=O)CN1C(=O)NC2(CC(=NO)c3ccccc32)C1=O. The first-order valence-electron chi connectivity index (χ1n) is 11.2. The fourth-order valence-corrected chi connectivity index (χ4v) is 5.01. The van der Waals surface area contributed by atoms with Crippen molar-refractivity contribution in [1.82, 2.24) is 15.1 Å². The topological polar surface area (TPSA) is 102 Å². The summed E-state index contributed by atoms with van der Waals surface area (Å²) in [5, 5.41) is 15.6. The molecule has 1 saturated heterocycles. The minimum absolute atomic E-state index is 0.0211. The van der Waals surface area contributed by atoms with Crippen LogP contribution in [-0.4, -0.2) is 51.2 Å². The first-order valence-corrected chi connectivity index (χ1v) is 11.2. The number of nitrogens with one attached hydrogen (secondary N) is 1. The van der Waals surface area contributed by atoms with E-state index in [0.717, 1.165) is 23.3 Å². The first kappa shape index (κ1) is 21.2. The molecule has 170 valence electrons. The van der Waals surface area contributed by atoms with Crippen molar-refractivity contribution >= 4 is 23.6 Å². The molecule has 0 aromatic heterocycles. The lowest BCUT2D eigenvalue weighted by Crippen LogP contribution is -2.47. The van der Waals surface area contributed by atoms with E-state index in [2.05, 4.69) is 10.5 Å². The molecule has 5 rings (SSSR count). The molecule has 2 fully saturated rings. The van der Waals surface area contributed by atoms with Crippen LogP contribution in [0.3, 0.4) is 0 Å². The van der Waals surface area contributed by atoms with Crippen LogP contribution in [0.15, 0.2) is 59.8 Å². The Hall–Kier alpha value is -3.68. The Balaban J connectivity index is 1.40. The number of fused-ring (bicyclic) bond motifs is 2. The fourth-order valence-electron chi connectivity index (χ4n) is 5.01. The maximum Gasteiger partial charge on any atom is 0.325 e. The van der Waals surface area contributed by atoms with Gasteiger partial charge in [-0.1, -0.05) is 59.8 Å². The van der Waals surface area contributed by atoms with Gasteiger partial charge in [0.1, 0.15) is 6.54 Å². The zero-order valence-corrected chi connectivity index (χ0v) is 18.4. The van der Waals surface area contributed by atoms with Crippen molar-refractivity contribution in [1.29, 1.82) is 0 Å². The molecule has 3 aliphatic rings. The molecule has 1 heterocycles. The molecule has 4 amide bonds.